The maximum absolute atomic E-state index is 12.7. The molecule has 1 aromatic heterocycles. The highest BCUT2D eigenvalue weighted by atomic mass is 32.1. The van der Waals surface area contributed by atoms with Crippen LogP contribution in [0.3, 0.4) is 0 Å². The van der Waals surface area contributed by atoms with Crippen LogP contribution in [0.2, 0.25) is 0 Å². The van der Waals surface area contributed by atoms with Crippen molar-refractivity contribution in [3.05, 3.63) is 57.9 Å². The zero-order chi connectivity index (χ0) is 16.6. The zero-order valence-corrected chi connectivity index (χ0v) is 14.1. The van der Waals surface area contributed by atoms with E-state index in [4.69, 9.17) is 0 Å². The van der Waals surface area contributed by atoms with E-state index in [1.807, 2.05) is 62.5 Å². The first kappa shape index (κ1) is 15.5. The molecule has 0 saturated heterocycles. The number of benzene rings is 1. The summed E-state index contributed by atoms with van der Waals surface area (Å²) in [5, 5.41) is 5.06. The molecule has 0 spiro atoms. The number of carbonyl (C=O) groups is 2. The summed E-state index contributed by atoms with van der Waals surface area (Å²) in [7, 11) is 0. The average Bonchev–Trinajstić information content (AvgIpc) is 3.07. The first-order valence-corrected chi connectivity index (χ1v) is 8.36. The van der Waals surface area contributed by atoms with E-state index >= 15 is 0 Å². The molecule has 1 aliphatic heterocycles. The molecule has 5 heteroatoms. The summed E-state index contributed by atoms with van der Waals surface area (Å²) in [6.07, 6.45) is 0. The van der Waals surface area contributed by atoms with Crippen molar-refractivity contribution in [1.82, 2.24) is 4.90 Å². The monoisotopic (exact) mass is 326 g/mol. The second-order valence-corrected chi connectivity index (χ2v) is 6.74. The van der Waals surface area contributed by atoms with E-state index in [-0.39, 0.29) is 17.9 Å². The Bertz CT molecular complexity index is 791. The van der Waals surface area contributed by atoms with E-state index < -0.39 is 0 Å². The van der Waals surface area contributed by atoms with Gasteiger partial charge < -0.3 is 5.32 Å². The third-order valence-corrected chi connectivity index (χ3v) is 4.57. The van der Waals surface area contributed by atoms with Crippen molar-refractivity contribution in [2.45, 2.75) is 26.8 Å². The zero-order valence-electron chi connectivity index (χ0n) is 13.3. The molecule has 0 saturated carbocycles. The summed E-state index contributed by atoms with van der Waals surface area (Å²) < 4.78 is 0. The molecule has 0 aliphatic carbocycles. The molecule has 118 valence electrons. The molecule has 4 nitrogen and oxygen atoms in total. The number of imide groups is 1. The fraction of sp³-hybridized carbons (Fsp3) is 0.222. The van der Waals surface area contributed by atoms with Gasteiger partial charge >= 0.3 is 0 Å². The normalized spacial score (nSPS) is 15.0. The molecule has 23 heavy (non-hydrogen) atoms. The molecule has 0 fully saturated rings. The van der Waals surface area contributed by atoms with Crippen LogP contribution in [0.25, 0.3) is 5.57 Å². The van der Waals surface area contributed by atoms with Crippen LogP contribution in [-0.2, 0) is 9.59 Å². The maximum atomic E-state index is 12.7. The largest absolute Gasteiger partial charge is 0.350 e. The summed E-state index contributed by atoms with van der Waals surface area (Å²) in [6, 6.07) is 11.3. The van der Waals surface area contributed by atoms with Crippen molar-refractivity contribution in [2.75, 3.05) is 5.32 Å². The molecular formula is C18H18N2O2S. The summed E-state index contributed by atoms with van der Waals surface area (Å²) in [6.45, 7) is 5.68. The van der Waals surface area contributed by atoms with Gasteiger partial charge in [-0.2, -0.15) is 0 Å². The fourth-order valence-corrected chi connectivity index (χ4v) is 3.42. The van der Waals surface area contributed by atoms with Crippen molar-refractivity contribution < 1.29 is 9.59 Å². The molecule has 2 heterocycles. The van der Waals surface area contributed by atoms with E-state index in [1.54, 1.807) is 0 Å². The minimum atomic E-state index is -0.269. The number of carbonyl (C=O) groups excluding carboxylic acids is 2. The number of rotatable bonds is 4. The number of aryl methyl sites for hydroxylation is 1. The van der Waals surface area contributed by atoms with Gasteiger partial charge in [0.25, 0.3) is 11.8 Å². The van der Waals surface area contributed by atoms with E-state index in [1.165, 1.54) is 16.2 Å². The maximum Gasteiger partial charge on any atom is 0.278 e. The SMILES string of the molecule is Cc1cccc(NC2=C(c3cccs3)C(=O)N(C(C)C)C2=O)c1. The van der Waals surface area contributed by atoms with Gasteiger partial charge in [-0.1, -0.05) is 18.2 Å². The molecule has 0 atom stereocenters. The quantitative estimate of drug-likeness (QED) is 0.872. The molecule has 3 rings (SSSR count). The Kier molecular flexibility index (Phi) is 4.05. The fourth-order valence-electron chi connectivity index (χ4n) is 2.65. The average molecular weight is 326 g/mol. The molecular weight excluding hydrogens is 308 g/mol. The summed E-state index contributed by atoms with van der Waals surface area (Å²) in [4.78, 5) is 27.6. The van der Waals surface area contributed by atoms with Gasteiger partial charge in [-0.15, -0.1) is 11.3 Å². The second kappa shape index (κ2) is 6.01. The van der Waals surface area contributed by atoms with Crippen LogP contribution in [-0.4, -0.2) is 22.8 Å². The van der Waals surface area contributed by atoms with E-state index in [2.05, 4.69) is 5.32 Å². The number of amides is 2. The number of hydrogen-bond acceptors (Lipinski definition) is 4. The third-order valence-electron chi connectivity index (χ3n) is 3.69. The number of thiophene rings is 1. The van der Waals surface area contributed by atoms with Crippen LogP contribution in [0, 0.1) is 6.92 Å². The molecule has 2 aromatic rings. The van der Waals surface area contributed by atoms with Crippen LogP contribution in [0.4, 0.5) is 5.69 Å². The number of hydrogen-bond donors (Lipinski definition) is 1. The van der Waals surface area contributed by atoms with E-state index in [0.717, 1.165) is 16.1 Å². The highest BCUT2D eigenvalue weighted by Gasteiger charge is 2.40. The lowest BCUT2D eigenvalue weighted by Gasteiger charge is -2.19. The Hall–Kier alpha value is -2.40. The standard InChI is InChI=1S/C18H18N2O2S/c1-11(2)20-17(21)15(14-8-5-9-23-14)16(18(20)22)19-13-7-4-6-12(3)10-13/h4-11,19H,1-3H3. The molecule has 1 aromatic carbocycles. The summed E-state index contributed by atoms with van der Waals surface area (Å²) in [5.41, 5.74) is 2.71. The Morgan fingerprint density at radius 1 is 1.09 bits per heavy atom. The van der Waals surface area contributed by atoms with Gasteiger partial charge in [-0.3, -0.25) is 14.5 Å². The Balaban J connectivity index is 2.07. The van der Waals surface area contributed by atoms with Gasteiger partial charge in [0.1, 0.15) is 5.70 Å². The van der Waals surface area contributed by atoms with Crippen molar-refractivity contribution in [3.8, 4) is 0 Å². The highest BCUT2D eigenvalue weighted by Crippen LogP contribution is 2.33. The van der Waals surface area contributed by atoms with Crippen LogP contribution in [0.5, 0.6) is 0 Å². The van der Waals surface area contributed by atoms with Crippen LogP contribution in [0.15, 0.2) is 47.5 Å². The minimum Gasteiger partial charge on any atom is -0.350 e. The molecule has 2 amide bonds. The Labute approximate surface area is 139 Å². The van der Waals surface area contributed by atoms with Crippen molar-refractivity contribution in [3.63, 3.8) is 0 Å². The Morgan fingerprint density at radius 3 is 2.48 bits per heavy atom. The first-order valence-electron chi connectivity index (χ1n) is 7.48. The predicted molar refractivity (Wildman–Crippen MR) is 93.0 cm³/mol. The third kappa shape index (κ3) is 2.80. The highest BCUT2D eigenvalue weighted by molar-refractivity contribution is 7.11. The molecule has 0 radical (unpaired) electrons. The number of nitrogens with one attached hydrogen (secondary N) is 1. The number of anilines is 1. The summed E-state index contributed by atoms with van der Waals surface area (Å²) >= 11 is 1.46. The van der Waals surface area contributed by atoms with Crippen LogP contribution >= 0.6 is 11.3 Å². The van der Waals surface area contributed by atoms with Gasteiger partial charge in [0.15, 0.2) is 0 Å². The van der Waals surface area contributed by atoms with Crippen molar-refractivity contribution in [1.29, 1.82) is 0 Å². The number of nitrogens with zero attached hydrogens (tertiary/aromatic N) is 1. The first-order chi connectivity index (χ1) is 11.0. The molecule has 1 N–H and O–H groups in total. The van der Waals surface area contributed by atoms with Crippen molar-refractivity contribution in [2.24, 2.45) is 0 Å². The Morgan fingerprint density at radius 2 is 1.87 bits per heavy atom. The van der Waals surface area contributed by atoms with Crippen molar-refractivity contribution >= 4 is 34.4 Å². The predicted octanol–water partition coefficient (Wildman–Crippen LogP) is 3.66. The van der Waals surface area contributed by atoms with Gasteiger partial charge in [0.2, 0.25) is 0 Å². The van der Waals surface area contributed by atoms with Gasteiger partial charge in [0, 0.05) is 16.6 Å². The second-order valence-electron chi connectivity index (χ2n) is 5.80. The molecule has 1 aliphatic rings. The van der Waals surface area contributed by atoms with Gasteiger partial charge in [-0.25, -0.2) is 0 Å². The minimum absolute atomic E-state index is 0.179. The van der Waals surface area contributed by atoms with Gasteiger partial charge in [0.05, 0.1) is 5.57 Å². The molecule has 0 bridgehead atoms. The topological polar surface area (TPSA) is 49.4 Å². The van der Waals surface area contributed by atoms with E-state index in [9.17, 15) is 9.59 Å². The van der Waals surface area contributed by atoms with E-state index in [0.29, 0.717) is 11.3 Å². The summed E-state index contributed by atoms with van der Waals surface area (Å²) in [5.74, 6) is -0.502. The lowest BCUT2D eigenvalue weighted by atomic mass is 10.1. The molecule has 0 unspecified atom stereocenters. The van der Waals surface area contributed by atoms with Crippen LogP contribution < -0.4 is 5.32 Å². The van der Waals surface area contributed by atoms with Crippen LogP contribution in [0.1, 0.15) is 24.3 Å². The lowest BCUT2D eigenvalue weighted by Crippen LogP contribution is -2.38. The smallest absolute Gasteiger partial charge is 0.278 e. The lowest BCUT2D eigenvalue weighted by molar-refractivity contribution is -0.138. The van der Waals surface area contributed by atoms with Gasteiger partial charge in [-0.05, 0) is 49.9 Å².